The van der Waals surface area contributed by atoms with Crippen LogP contribution in [0.3, 0.4) is 0 Å². The summed E-state index contributed by atoms with van der Waals surface area (Å²) in [5, 5.41) is 0. The predicted octanol–water partition coefficient (Wildman–Crippen LogP) is 2.14. The summed E-state index contributed by atoms with van der Waals surface area (Å²) in [6, 6.07) is 6.24. The Labute approximate surface area is 166 Å². The van der Waals surface area contributed by atoms with Crippen molar-refractivity contribution in [1.29, 1.82) is 0 Å². The monoisotopic (exact) mass is 391 g/mol. The van der Waals surface area contributed by atoms with Gasteiger partial charge in [-0.25, -0.2) is 4.39 Å². The third-order valence-corrected chi connectivity index (χ3v) is 5.74. The number of piperazine rings is 1. The number of carbonyl (C=O) groups excluding carboxylic acids is 2. The fourth-order valence-electron chi connectivity index (χ4n) is 4.11. The second kappa shape index (κ2) is 9.37. The zero-order chi connectivity index (χ0) is 20.1. The van der Waals surface area contributed by atoms with Crippen molar-refractivity contribution < 1.29 is 18.7 Å². The summed E-state index contributed by atoms with van der Waals surface area (Å²) in [6.07, 6.45) is 3.34. The number of ether oxygens (including phenoxy) is 1. The number of benzene rings is 1. The van der Waals surface area contributed by atoms with E-state index in [1.807, 2.05) is 4.90 Å². The molecule has 0 aliphatic carbocycles. The van der Waals surface area contributed by atoms with Crippen LogP contribution in [0.5, 0.6) is 5.75 Å². The standard InChI is InChI=1S/C21H30FN3O3/c1-16-4-3-5-17(2)25(16)20(26)14-23-10-12-24(13-11-23)21(27)15-28-19-8-6-18(22)7-9-19/h6-9,16-17H,3-5,10-15H2,1-2H3. The molecule has 2 heterocycles. The van der Waals surface area contributed by atoms with E-state index >= 15 is 0 Å². The van der Waals surface area contributed by atoms with Gasteiger partial charge in [0.2, 0.25) is 5.91 Å². The van der Waals surface area contributed by atoms with Gasteiger partial charge in [0.05, 0.1) is 6.54 Å². The normalized spacial score (nSPS) is 23.5. The van der Waals surface area contributed by atoms with E-state index in [0.29, 0.717) is 50.6 Å². The number of halogens is 1. The van der Waals surface area contributed by atoms with Crippen LogP contribution in [-0.2, 0) is 9.59 Å². The van der Waals surface area contributed by atoms with Crippen LogP contribution in [0.2, 0.25) is 0 Å². The van der Waals surface area contributed by atoms with Crippen LogP contribution in [0.25, 0.3) is 0 Å². The van der Waals surface area contributed by atoms with Crippen LogP contribution in [0.15, 0.2) is 24.3 Å². The fraction of sp³-hybridized carbons (Fsp3) is 0.619. The molecule has 0 N–H and O–H groups in total. The predicted molar refractivity (Wildman–Crippen MR) is 105 cm³/mol. The number of piperidine rings is 1. The van der Waals surface area contributed by atoms with Gasteiger partial charge >= 0.3 is 0 Å². The first kappa shape index (κ1) is 20.6. The van der Waals surface area contributed by atoms with Gasteiger partial charge in [0, 0.05) is 38.3 Å². The average Bonchev–Trinajstić information content (AvgIpc) is 2.68. The van der Waals surface area contributed by atoms with Gasteiger partial charge in [0.1, 0.15) is 11.6 Å². The first-order valence-electron chi connectivity index (χ1n) is 10.1. The zero-order valence-electron chi connectivity index (χ0n) is 16.8. The van der Waals surface area contributed by atoms with Gasteiger partial charge in [-0.15, -0.1) is 0 Å². The topological polar surface area (TPSA) is 53.1 Å². The lowest BCUT2D eigenvalue weighted by atomic mass is 9.97. The van der Waals surface area contributed by atoms with Crippen molar-refractivity contribution >= 4 is 11.8 Å². The highest BCUT2D eigenvalue weighted by Crippen LogP contribution is 2.22. The molecule has 1 aromatic carbocycles. The molecule has 2 unspecified atom stereocenters. The first-order valence-corrected chi connectivity index (χ1v) is 10.1. The molecule has 28 heavy (non-hydrogen) atoms. The van der Waals surface area contributed by atoms with E-state index in [1.54, 1.807) is 4.90 Å². The number of amides is 2. The molecule has 6 nitrogen and oxygen atoms in total. The highest BCUT2D eigenvalue weighted by molar-refractivity contribution is 5.79. The molecule has 0 spiro atoms. The molecule has 7 heteroatoms. The van der Waals surface area contributed by atoms with E-state index in [4.69, 9.17) is 4.74 Å². The maximum atomic E-state index is 12.9. The van der Waals surface area contributed by atoms with Gasteiger partial charge in [-0.1, -0.05) is 0 Å². The third-order valence-electron chi connectivity index (χ3n) is 5.74. The Morgan fingerprint density at radius 3 is 2.21 bits per heavy atom. The first-order chi connectivity index (χ1) is 13.4. The van der Waals surface area contributed by atoms with Gasteiger partial charge in [0.25, 0.3) is 5.91 Å². The molecule has 154 valence electrons. The van der Waals surface area contributed by atoms with Crippen LogP contribution in [-0.4, -0.2) is 77.9 Å². The molecule has 2 saturated heterocycles. The zero-order valence-corrected chi connectivity index (χ0v) is 16.8. The molecule has 2 fully saturated rings. The van der Waals surface area contributed by atoms with E-state index in [2.05, 4.69) is 18.7 Å². The summed E-state index contributed by atoms with van der Waals surface area (Å²) in [5.74, 6) is 0.245. The lowest BCUT2D eigenvalue weighted by Crippen LogP contribution is -2.55. The minimum atomic E-state index is -0.335. The van der Waals surface area contributed by atoms with E-state index in [1.165, 1.54) is 30.7 Å². The molecular formula is C21H30FN3O3. The van der Waals surface area contributed by atoms with Crippen molar-refractivity contribution in [3.8, 4) is 5.75 Å². The van der Waals surface area contributed by atoms with Gasteiger partial charge in [-0.05, 0) is 57.4 Å². The fourth-order valence-corrected chi connectivity index (χ4v) is 4.11. The molecule has 0 saturated carbocycles. The summed E-state index contributed by atoms with van der Waals surface area (Å²) >= 11 is 0. The molecule has 2 atom stereocenters. The van der Waals surface area contributed by atoms with Crippen LogP contribution in [0, 0.1) is 5.82 Å². The van der Waals surface area contributed by atoms with Crippen molar-refractivity contribution in [2.75, 3.05) is 39.3 Å². The van der Waals surface area contributed by atoms with Gasteiger partial charge < -0.3 is 14.5 Å². The lowest BCUT2D eigenvalue weighted by Gasteiger charge is -2.41. The molecule has 1 aromatic rings. The summed E-state index contributed by atoms with van der Waals surface area (Å²) < 4.78 is 18.3. The second-order valence-electron chi connectivity index (χ2n) is 7.83. The third kappa shape index (κ3) is 5.22. The van der Waals surface area contributed by atoms with Crippen molar-refractivity contribution in [3.05, 3.63) is 30.1 Å². The van der Waals surface area contributed by atoms with E-state index in [0.717, 1.165) is 12.8 Å². The molecule has 0 bridgehead atoms. The quantitative estimate of drug-likeness (QED) is 0.772. The van der Waals surface area contributed by atoms with Crippen LogP contribution >= 0.6 is 0 Å². The summed E-state index contributed by atoms with van der Waals surface area (Å²) in [5.41, 5.74) is 0. The molecule has 0 aromatic heterocycles. The number of hydrogen-bond donors (Lipinski definition) is 0. The Balaban J connectivity index is 1.41. The minimum Gasteiger partial charge on any atom is -0.484 e. The van der Waals surface area contributed by atoms with Crippen LogP contribution in [0.1, 0.15) is 33.1 Å². The van der Waals surface area contributed by atoms with Crippen molar-refractivity contribution in [1.82, 2.24) is 14.7 Å². The Morgan fingerprint density at radius 2 is 1.61 bits per heavy atom. The molecule has 2 aliphatic rings. The molecule has 3 rings (SSSR count). The SMILES string of the molecule is CC1CCCC(C)N1C(=O)CN1CCN(C(=O)COc2ccc(F)cc2)CC1. The largest absolute Gasteiger partial charge is 0.484 e. The number of carbonyl (C=O) groups is 2. The molecular weight excluding hydrogens is 361 g/mol. The van der Waals surface area contributed by atoms with Gasteiger partial charge in [-0.3, -0.25) is 14.5 Å². The van der Waals surface area contributed by atoms with Crippen molar-refractivity contribution in [2.45, 2.75) is 45.2 Å². The lowest BCUT2D eigenvalue weighted by molar-refractivity contribution is -0.140. The highest BCUT2D eigenvalue weighted by atomic mass is 19.1. The van der Waals surface area contributed by atoms with Gasteiger partial charge in [0.15, 0.2) is 6.61 Å². The summed E-state index contributed by atoms with van der Waals surface area (Å²) in [6.45, 7) is 7.16. The maximum Gasteiger partial charge on any atom is 0.260 e. The van der Waals surface area contributed by atoms with Crippen molar-refractivity contribution in [2.24, 2.45) is 0 Å². The van der Waals surface area contributed by atoms with Crippen molar-refractivity contribution in [3.63, 3.8) is 0 Å². The number of likely N-dealkylation sites (tertiary alicyclic amines) is 1. The molecule has 2 aliphatic heterocycles. The van der Waals surface area contributed by atoms with Crippen LogP contribution in [0.4, 0.5) is 4.39 Å². The van der Waals surface area contributed by atoms with E-state index < -0.39 is 0 Å². The average molecular weight is 391 g/mol. The molecule has 2 amide bonds. The summed E-state index contributed by atoms with van der Waals surface area (Å²) in [4.78, 5) is 31.0. The molecule has 0 radical (unpaired) electrons. The van der Waals surface area contributed by atoms with E-state index in [9.17, 15) is 14.0 Å². The number of rotatable bonds is 5. The highest BCUT2D eigenvalue weighted by Gasteiger charge is 2.31. The van der Waals surface area contributed by atoms with Crippen LogP contribution < -0.4 is 4.74 Å². The van der Waals surface area contributed by atoms with E-state index in [-0.39, 0.29) is 24.2 Å². The minimum absolute atomic E-state index is 0.0621. The summed E-state index contributed by atoms with van der Waals surface area (Å²) in [7, 11) is 0. The van der Waals surface area contributed by atoms with Gasteiger partial charge in [-0.2, -0.15) is 0 Å². The smallest absolute Gasteiger partial charge is 0.260 e. The number of hydrogen-bond acceptors (Lipinski definition) is 4. The Kier molecular flexibility index (Phi) is 6.88. The Hall–Kier alpha value is -2.15. The maximum absolute atomic E-state index is 12.9. The Morgan fingerprint density at radius 1 is 1.00 bits per heavy atom. The second-order valence-corrected chi connectivity index (χ2v) is 7.83. The number of nitrogens with zero attached hydrogens (tertiary/aromatic N) is 3. The Bertz CT molecular complexity index is 664.